The summed E-state index contributed by atoms with van der Waals surface area (Å²) < 4.78 is 1.10. The van der Waals surface area contributed by atoms with E-state index in [1.807, 2.05) is 19.1 Å². The SMILES string of the molecule is Cc1nc(-c2ccc(Br)cc2)sc1C. The van der Waals surface area contributed by atoms with Gasteiger partial charge in [0.05, 0.1) is 5.69 Å². The maximum Gasteiger partial charge on any atom is 0.123 e. The predicted octanol–water partition coefficient (Wildman–Crippen LogP) is 4.19. The first kappa shape index (κ1) is 9.87. The van der Waals surface area contributed by atoms with E-state index in [1.54, 1.807) is 11.3 Å². The second-order valence-corrected chi connectivity index (χ2v) is 5.29. The molecule has 1 nitrogen and oxygen atoms in total. The Morgan fingerprint density at radius 2 is 1.79 bits per heavy atom. The van der Waals surface area contributed by atoms with E-state index in [0.29, 0.717) is 0 Å². The Morgan fingerprint density at radius 3 is 2.29 bits per heavy atom. The van der Waals surface area contributed by atoms with Gasteiger partial charge in [-0.15, -0.1) is 11.3 Å². The Balaban J connectivity index is 2.44. The molecule has 0 atom stereocenters. The highest BCUT2D eigenvalue weighted by molar-refractivity contribution is 9.10. The van der Waals surface area contributed by atoms with Gasteiger partial charge in [0.1, 0.15) is 5.01 Å². The van der Waals surface area contributed by atoms with Crippen molar-refractivity contribution in [2.45, 2.75) is 13.8 Å². The van der Waals surface area contributed by atoms with Crippen LogP contribution in [0.25, 0.3) is 10.6 Å². The molecule has 0 aliphatic rings. The van der Waals surface area contributed by atoms with Crippen LogP contribution in [0.3, 0.4) is 0 Å². The molecule has 72 valence electrons. The molecule has 0 unspecified atom stereocenters. The van der Waals surface area contributed by atoms with E-state index in [-0.39, 0.29) is 0 Å². The van der Waals surface area contributed by atoms with Crippen LogP contribution < -0.4 is 0 Å². The molecule has 0 fully saturated rings. The summed E-state index contributed by atoms with van der Waals surface area (Å²) in [4.78, 5) is 5.81. The first-order valence-electron chi connectivity index (χ1n) is 4.37. The molecule has 3 heteroatoms. The number of halogens is 1. The standard InChI is InChI=1S/C11H10BrNS/c1-7-8(2)14-11(13-7)9-3-5-10(12)6-4-9/h3-6H,1-2H3. The van der Waals surface area contributed by atoms with Crippen LogP contribution in [0.4, 0.5) is 0 Å². The van der Waals surface area contributed by atoms with E-state index in [9.17, 15) is 0 Å². The highest BCUT2D eigenvalue weighted by atomic mass is 79.9. The molecule has 2 rings (SSSR count). The van der Waals surface area contributed by atoms with Gasteiger partial charge in [0.15, 0.2) is 0 Å². The van der Waals surface area contributed by atoms with E-state index in [0.717, 1.165) is 15.2 Å². The third-order valence-electron chi connectivity index (χ3n) is 2.12. The molecule has 1 heterocycles. The van der Waals surface area contributed by atoms with Gasteiger partial charge in [-0.2, -0.15) is 0 Å². The van der Waals surface area contributed by atoms with Crippen LogP contribution in [0.5, 0.6) is 0 Å². The topological polar surface area (TPSA) is 12.9 Å². The highest BCUT2D eigenvalue weighted by Crippen LogP contribution is 2.27. The minimum Gasteiger partial charge on any atom is -0.241 e. The molecule has 0 aliphatic carbocycles. The minimum atomic E-state index is 1.10. The number of nitrogens with zero attached hydrogens (tertiary/aromatic N) is 1. The number of hydrogen-bond acceptors (Lipinski definition) is 2. The Kier molecular flexibility index (Phi) is 2.70. The summed E-state index contributed by atoms with van der Waals surface area (Å²) in [6, 6.07) is 8.26. The summed E-state index contributed by atoms with van der Waals surface area (Å²) in [7, 11) is 0. The third kappa shape index (κ3) is 1.88. The zero-order valence-corrected chi connectivity index (χ0v) is 10.4. The fraction of sp³-hybridized carbons (Fsp3) is 0.182. The van der Waals surface area contributed by atoms with E-state index in [1.165, 1.54) is 10.4 Å². The lowest BCUT2D eigenvalue weighted by Crippen LogP contribution is -1.76. The van der Waals surface area contributed by atoms with E-state index >= 15 is 0 Å². The quantitative estimate of drug-likeness (QED) is 0.755. The zero-order chi connectivity index (χ0) is 10.1. The highest BCUT2D eigenvalue weighted by Gasteiger charge is 2.05. The second kappa shape index (κ2) is 3.83. The maximum absolute atomic E-state index is 4.51. The van der Waals surface area contributed by atoms with E-state index in [2.05, 4.69) is 40.0 Å². The van der Waals surface area contributed by atoms with Gasteiger partial charge in [0, 0.05) is 14.9 Å². The predicted molar refractivity (Wildman–Crippen MR) is 64.7 cm³/mol. The summed E-state index contributed by atoms with van der Waals surface area (Å²) >= 11 is 5.17. The van der Waals surface area contributed by atoms with Gasteiger partial charge in [-0.3, -0.25) is 0 Å². The summed E-state index contributed by atoms with van der Waals surface area (Å²) in [5.41, 5.74) is 2.32. The molecule has 0 aliphatic heterocycles. The molecule has 0 saturated carbocycles. The van der Waals surface area contributed by atoms with Crippen molar-refractivity contribution in [1.29, 1.82) is 0 Å². The molecule has 0 saturated heterocycles. The molecule has 0 radical (unpaired) electrons. The molecule has 0 N–H and O–H groups in total. The van der Waals surface area contributed by atoms with Crippen molar-refractivity contribution in [2.75, 3.05) is 0 Å². The van der Waals surface area contributed by atoms with Crippen molar-refractivity contribution in [3.05, 3.63) is 39.3 Å². The first-order valence-corrected chi connectivity index (χ1v) is 5.98. The molecule has 1 aromatic carbocycles. The smallest absolute Gasteiger partial charge is 0.123 e. The Morgan fingerprint density at radius 1 is 1.14 bits per heavy atom. The van der Waals surface area contributed by atoms with Gasteiger partial charge in [-0.05, 0) is 26.0 Å². The number of aryl methyl sites for hydroxylation is 2. The average Bonchev–Trinajstić information content (AvgIpc) is 2.48. The summed E-state index contributed by atoms with van der Waals surface area (Å²) in [5.74, 6) is 0. The molecule has 2 aromatic rings. The lowest BCUT2D eigenvalue weighted by Gasteiger charge is -1.95. The lowest BCUT2D eigenvalue weighted by molar-refractivity contribution is 1.23. The van der Waals surface area contributed by atoms with Crippen molar-refractivity contribution >= 4 is 27.3 Å². The third-order valence-corrected chi connectivity index (χ3v) is 3.77. The summed E-state index contributed by atoms with van der Waals surface area (Å²) in [6.45, 7) is 4.16. The Bertz CT molecular complexity index is 425. The van der Waals surface area contributed by atoms with E-state index < -0.39 is 0 Å². The molecular weight excluding hydrogens is 258 g/mol. The normalized spacial score (nSPS) is 10.5. The molecule has 0 bridgehead atoms. The van der Waals surface area contributed by atoms with E-state index in [4.69, 9.17) is 0 Å². The van der Waals surface area contributed by atoms with Crippen LogP contribution in [0, 0.1) is 13.8 Å². The molecular formula is C11H10BrNS. The van der Waals surface area contributed by atoms with Gasteiger partial charge in [0.2, 0.25) is 0 Å². The lowest BCUT2D eigenvalue weighted by atomic mass is 10.2. The van der Waals surface area contributed by atoms with Gasteiger partial charge in [-0.1, -0.05) is 28.1 Å². The van der Waals surface area contributed by atoms with Crippen LogP contribution in [-0.4, -0.2) is 4.98 Å². The maximum atomic E-state index is 4.51. The van der Waals surface area contributed by atoms with Gasteiger partial charge >= 0.3 is 0 Å². The van der Waals surface area contributed by atoms with Crippen LogP contribution in [-0.2, 0) is 0 Å². The van der Waals surface area contributed by atoms with Gasteiger partial charge in [0.25, 0.3) is 0 Å². The molecule has 0 spiro atoms. The minimum absolute atomic E-state index is 1.10. The number of thiazole rings is 1. The number of benzene rings is 1. The average molecular weight is 268 g/mol. The number of aromatic nitrogens is 1. The molecule has 1 aromatic heterocycles. The number of rotatable bonds is 1. The fourth-order valence-electron chi connectivity index (χ4n) is 1.19. The second-order valence-electron chi connectivity index (χ2n) is 3.17. The van der Waals surface area contributed by atoms with Crippen molar-refractivity contribution in [3.8, 4) is 10.6 Å². The van der Waals surface area contributed by atoms with Crippen molar-refractivity contribution in [3.63, 3.8) is 0 Å². The zero-order valence-electron chi connectivity index (χ0n) is 8.04. The Labute approximate surface area is 95.9 Å². The van der Waals surface area contributed by atoms with Gasteiger partial charge in [-0.25, -0.2) is 4.98 Å². The fourth-order valence-corrected chi connectivity index (χ4v) is 2.37. The molecule has 14 heavy (non-hydrogen) atoms. The number of hydrogen-bond donors (Lipinski definition) is 0. The first-order chi connectivity index (χ1) is 6.66. The van der Waals surface area contributed by atoms with Crippen LogP contribution in [0.2, 0.25) is 0 Å². The van der Waals surface area contributed by atoms with Crippen molar-refractivity contribution in [2.24, 2.45) is 0 Å². The molecule has 0 amide bonds. The van der Waals surface area contributed by atoms with Crippen molar-refractivity contribution < 1.29 is 0 Å². The monoisotopic (exact) mass is 267 g/mol. The van der Waals surface area contributed by atoms with Gasteiger partial charge < -0.3 is 0 Å². The summed E-state index contributed by atoms with van der Waals surface area (Å²) in [6.07, 6.45) is 0. The van der Waals surface area contributed by atoms with Crippen LogP contribution >= 0.6 is 27.3 Å². The van der Waals surface area contributed by atoms with Crippen LogP contribution in [0.1, 0.15) is 10.6 Å². The van der Waals surface area contributed by atoms with Crippen molar-refractivity contribution in [1.82, 2.24) is 4.98 Å². The summed E-state index contributed by atoms with van der Waals surface area (Å²) in [5, 5.41) is 1.10. The van der Waals surface area contributed by atoms with Crippen LogP contribution in [0.15, 0.2) is 28.7 Å². The Hall–Kier alpha value is -0.670. The largest absolute Gasteiger partial charge is 0.241 e.